The van der Waals surface area contributed by atoms with Gasteiger partial charge in [-0.05, 0) is 42.5 Å². The Hall–Kier alpha value is -2.63. The van der Waals surface area contributed by atoms with Crippen LogP contribution in [0.1, 0.15) is 29.3 Å². The standard InChI is InChI=1S/C16H18N2O4/c1-3-6-17-13(19)9-18-14(20)5-4-11-8-12(16(21)22)7-10(2)15(11)18/h4-5,7-8H,3,6,9H2,1-2H3,(H,17,19)(H,21,22). The number of benzene rings is 1. The Balaban J connectivity index is 2.54. The van der Waals surface area contributed by atoms with Crippen LogP contribution in [0.15, 0.2) is 29.1 Å². The first kappa shape index (κ1) is 15.8. The van der Waals surface area contributed by atoms with Crippen LogP contribution in [0.4, 0.5) is 0 Å². The number of carboxylic acids is 1. The second-order valence-electron chi connectivity index (χ2n) is 5.14. The summed E-state index contributed by atoms with van der Waals surface area (Å²) in [7, 11) is 0. The highest BCUT2D eigenvalue weighted by atomic mass is 16.4. The average Bonchev–Trinajstić information content (AvgIpc) is 2.47. The third-order valence-corrected chi connectivity index (χ3v) is 3.39. The van der Waals surface area contributed by atoms with Crippen LogP contribution < -0.4 is 10.9 Å². The van der Waals surface area contributed by atoms with Crippen LogP contribution >= 0.6 is 0 Å². The fraction of sp³-hybridized carbons (Fsp3) is 0.312. The number of carbonyl (C=O) groups excluding carboxylic acids is 1. The number of nitrogens with zero attached hydrogens (tertiary/aromatic N) is 1. The van der Waals surface area contributed by atoms with Gasteiger partial charge in [-0.25, -0.2) is 4.79 Å². The highest BCUT2D eigenvalue weighted by molar-refractivity contribution is 5.95. The Morgan fingerprint density at radius 2 is 2.00 bits per heavy atom. The molecule has 6 nitrogen and oxygen atoms in total. The lowest BCUT2D eigenvalue weighted by molar-refractivity contribution is -0.121. The Morgan fingerprint density at radius 3 is 2.64 bits per heavy atom. The van der Waals surface area contributed by atoms with Gasteiger partial charge in [0, 0.05) is 12.6 Å². The third-order valence-electron chi connectivity index (χ3n) is 3.39. The third kappa shape index (κ3) is 3.16. The van der Waals surface area contributed by atoms with Crippen molar-refractivity contribution in [3.63, 3.8) is 0 Å². The minimum Gasteiger partial charge on any atom is -0.478 e. The molecular weight excluding hydrogens is 284 g/mol. The lowest BCUT2D eigenvalue weighted by atomic mass is 10.1. The average molecular weight is 302 g/mol. The number of pyridine rings is 1. The molecule has 0 atom stereocenters. The van der Waals surface area contributed by atoms with Gasteiger partial charge in [0.2, 0.25) is 5.91 Å². The monoisotopic (exact) mass is 302 g/mol. The number of aryl methyl sites for hydroxylation is 1. The van der Waals surface area contributed by atoms with Gasteiger partial charge in [0.1, 0.15) is 6.54 Å². The minimum atomic E-state index is -1.02. The van der Waals surface area contributed by atoms with Crippen LogP contribution in [0.5, 0.6) is 0 Å². The highest BCUT2D eigenvalue weighted by Crippen LogP contribution is 2.19. The molecule has 1 heterocycles. The molecule has 1 amide bonds. The molecule has 0 spiro atoms. The maximum Gasteiger partial charge on any atom is 0.335 e. The number of carbonyl (C=O) groups is 2. The first-order chi connectivity index (χ1) is 10.4. The van der Waals surface area contributed by atoms with Crippen molar-refractivity contribution in [2.24, 2.45) is 0 Å². The van der Waals surface area contributed by atoms with E-state index in [0.717, 1.165) is 6.42 Å². The van der Waals surface area contributed by atoms with E-state index in [4.69, 9.17) is 5.11 Å². The second kappa shape index (κ2) is 6.43. The van der Waals surface area contributed by atoms with Gasteiger partial charge < -0.3 is 10.4 Å². The Morgan fingerprint density at radius 1 is 1.27 bits per heavy atom. The molecule has 2 N–H and O–H groups in total. The fourth-order valence-electron chi connectivity index (χ4n) is 2.41. The van der Waals surface area contributed by atoms with Crippen molar-refractivity contribution in [3.8, 4) is 0 Å². The van der Waals surface area contributed by atoms with Crippen molar-refractivity contribution < 1.29 is 14.7 Å². The van der Waals surface area contributed by atoms with Crippen molar-refractivity contribution in [2.75, 3.05) is 6.54 Å². The van der Waals surface area contributed by atoms with Crippen molar-refractivity contribution in [1.82, 2.24) is 9.88 Å². The number of aromatic carboxylic acids is 1. The van der Waals surface area contributed by atoms with Gasteiger partial charge >= 0.3 is 5.97 Å². The van der Waals surface area contributed by atoms with Crippen molar-refractivity contribution in [2.45, 2.75) is 26.8 Å². The summed E-state index contributed by atoms with van der Waals surface area (Å²) in [5.41, 5.74) is 1.11. The minimum absolute atomic E-state index is 0.0799. The largest absolute Gasteiger partial charge is 0.478 e. The number of amides is 1. The Labute approximate surface area is 127 Å². The Bertz CT molecular complexity index is 793. The van der Waals surface area contributed by atoms with Gasteiger partial charge in [0.05, 0.1) is 11.1 Å². The van der Waals surface area contributed by atoms with Crippen molar-refractivity contribution in [3.05, 3.63) is 45.7 Å². The molecule has 2 aromatic rings. The highest BCUT2D eigenvalue weighted by Gasteiger charge is 2.13. The summed E-state index contributed by atoms with van der Waals surface area (Å²) in [6.07, 6.45) is 0.817. The van der Waals surface area contributed by atoms with Gasteiger partial charge in [0.15, 0.2) is 0 Å². The zero-order valence-corrected chi connectivity index (χ0v) is 12.5. The van der Waals surface area contributed by atoms with E-state index in [0.29, 0.717) is 23.0 Å². The molecule has 0 fully saturated rings. The normalized spacial score (nSPS) is 10.6. The van der Waals surface area contributed by atoms with Crippen LogP contribution in [-0.2, 0) is 11.3 Å². The van der Waals surface area contributed by atoms with E-state index in [-0.39, 0.29) is 23.6 Å². The summed E-state index contributed by atoms with van der Waals surface area (Å²) in [6.45, 7) is 4.15. The van der Waals surface area contributed by atoms with E-state index in [2.05, 4.69) is 5.32 Å². The predicted octanol–water partition coefficient (Wildman–Crippen LogP) is 1.53. The number of hydrogen-bond donors (Lipinski definition) is 2. The molecule has 1 aromatic heterocycles. The number of fused-ring (bicyclic) bond motifs is 1. The van der Waals surface area contributed by atoms with E-state index >= 15 is 0 Å². The number of aromatic nitrogens is 1. The van der Waals surface area contributed by atoms with Crippen LogP contribution in [0.25, 0.3) is 10.9 Å². The van der Waals surface area contributed by atoms with E-state index in [1.807, 2.05) is 6.92 Å². The maximum atomic E-state index is 12.1. The van der Waals surface area contributed by atoms with Gasteiger partial charge in [-0.3, -0.25) is 14.2 Å². The zero-order chi connectivity index (χ0) is 16.3. The van der Waals surface area contributed by atoms with Gasteiger partial charge in [-0.15, -0.1) is 0 Å². The molecule has 2 rings (SSSR count). The molecule has 116 valence electrons. The van der Waals surface area contributed by atoms with Gasteiger partial charge in [-0.1, -0.05) is 6.92 Å². The number of carboxylic acid groups (broad SMARTS) is 1. The first-order valence-corrected chi connectivity index (χ1v) is 7.08. The second-order valence-corrected chi connectivity index (χ2v) is 5.14. The van der Waals surface area contributed by atoms with E-state index < -0.39 is 5.97 Å². The first-order valence-electron chi connectivity index (χ1n) is 7.08. The molecule has 0 bridgehead atoms. The molecule has 0 unspecified atom stereocenters. The van der Waals surface area contributed by atoms with E-state index in [1.165, 1.54) is 22.8 Å². The Kier molecular flexibility index (Phi) is 4.60. The summed E-state index contributed by atoms with van der Waals surface area (Å²) in [5.74, 6) is -1.26. The summed E-state index contributed by atoms with van der Waals surface area (Å²) >= 11 is 0. The molecule has 0 saturated carbocycles. The molecule has 0 aliphatic carbocycles. The van der Waals surface area contributed by atoms with E-state index in [9.17, 15) is 14.4 Å². The summed E-state index contributed by atoms with van der Waals surface area (Å²) in [6, 6.07) is 5.94. The quantitative estimate of drug-likeness (QED) is 0.876. The molecule has 0 radical (unpaired) electrons. The van der Waals surface area contributed by atoms with Gasteiger partial charge in [-0.2, -0.15) is 0 Å². The van der Waals surface area contributed by atoms with Crippen molar-refractivity contribution in [1.29, 1.82) is 0 Å². The number of hydrogen-bond acceptors (Lipinski definition) is 3. The number of nitrogens with one attached hydrogen (secondary N) is 1. The number of rotatable bonds is 5. The molecule has 0 aliphatic rings. The molecule has 1 aromatic carbocycles. The maximum absolute atomic E-state index is 12.1. The fourth-order valence-corrected chi connectivity index (χ4v) is 2.41. The van der Waals surface area contributed by atoms with Crippen LogP contribution in [0.2, 0.25) is 0 Å². The van der Waals surface area contributed by atoms with Gasteiger partial charge in [0.25, 0.3) is 5.56 Å². The molecule has 0 saturated heterocycles. The smallest absolute Gasteiger partial charge is 0.335 e. The summed E-state index contributed by atoms with van der Waals surface area (Å²) < 4.78 is 1.38. The predicted molar refractivity (Wildman–Crippen MR) is 83.2 cm³/mol. The molecule has 6 heteroatoms. The van der Waals surface area contributed by atoms with Crippen molar-refractivity contribution >= 4 is 22.8 Å². The van der Waals surface area contributed by atoms with Crippen LogP contribution in [0.3, 0.4) is 0 Å². The van der Waals surface area contributed by atoms with Crippen LogP contribution in [-0.4, -0.2) is 28.1 Å². The molecular formula is C16H18N2O4. The lowest BCUT2D eigenvalue weighted by Gasteiger charge is -2.13. The summed E-state index contributed by atoms with van der Waals surface area (Å²) in [5, 5.41) is 12.5. The summed E-state index contributed by atoms with van der Waals surface area (Å²) in [4.78, 5) is 35.1. The topological polar surface area (TPSA) is 88.4 Å². The lowest BCUT2D eigenvalue weighted by Crippen LogP contribution is -2.32. The van der Waals surface area contributed by atoms with E-state index in [1.54, 1.807) is 13.0 Å². The molecule has 0 aliphatic heterocycles. The van der Waals surface area contributed by atoms with Crippen LogP contribution in [0, 0.1) is 6.92 Å². The zero-order valence-electron chi connectivity index (χ0n) is 12.5. The molecule has 22 heavy (non-hydrogen) atoms. The SMILES string of the molecule is CCCNC(=O)Cn1c(=O)ccc2cc(C(=O)O)cc(C)c21.